The topological polar surface area (TPSA) is 41.1 Å². The first-order valence-electron chi connectivity index (χ1n) is 8.26. The van der Waals surface area contributed by atoms with Crippen LogP contribution >= 0.6 is 11.3 Å². The number of thiophene rings is 1. The number of hydrogen-bond acceptors (Lipinski definition) is 3. The fraction of sp³-hybridized carbons (Fsp3) is 0.316. The average Bonchev–Trinajstić information content (AvgIpc) is 3.27. The number of hydrogen-bond donors (Lipinski definition) is 2. The third-order valence-corrected chi connectivity index (χ3v) is 6.41. The smallest absolute Gasteiger partial charge is 0.251 e. The Labute approximate surface area is 138 Å². The standard InChI is InChI=1S/C19H18N2OS/c22-19(21-16-10-12-6-7-15(16)20-12)11-5-8-18-14(9-11)13-3-1-2-4-17(13)23-18/h1-5,8-9,12,15-16,20H,6-7,10H2,(H,21,22)/t12?,15?,16-/m1/s1. The first kappa shape index (κ1) is 13.5. The Morgan fingerprint density at radius 2 is 1.96 bits per heavy atom. The summed E-state index contributed by atoms with van der Waals surface area (Å²) in [7, 11) is 0. The second kappa shape index (κ2) is 5.05. The van der Waals surface area contributed by atoms with E-state index in [-0.39, 0.29) is 11.9 Å². The SMILES string of the molecule is O=C(N[C@@H]1CC2CCC1N2)c1ccc2sc3ccccc3c2c1. The molecule has 3 aromatic rings. The van der Waals surface area contributed by atoms with Crippen LogP contribution in [0, 0.1) is 0 Å². The summed E-state index contributed by atoms with van der Waals surface area (Å²) in [5.41, 5.74) is 0.767. The molecule has 3 heterocycles. The van der Waals surface area contributed by atoms with Crippen LogP contribution in [0.2, 0.25) is 0 Å². The lowest BCUT2D eigenvalue weighted by atomic mass is 9.95. The number of rotatable bonds is 2. The number of nitrogens with one attached hydrogen (secondary N) is 2. The Hall–Kier alpha value is -1.91. The van der Waals surface area contributed by atoms with Gasteiger partial charge in [-0.2, -0.15) is 0 Å². The van der Waals surface area contributed by atoms with E-state index in [1.807, 2.05) is 12.1 Å². The van der Waals surface area contributed by atoms with Crippen molar-refractivity contribution in [3.05, 3.63) is 48.0 Å². The van der Waals surface area contributed by atoms with E-state index in [4.69, 9.17) is 0 Å². The largest absolute Gasteiger partial charge is 0.348 e. The lowest BCUT2D eigenvalue weighted by Gasteiger charge is -2.21. The Morgan fingerprint density at radius 3 is 2.78 bits per heavy atom. The Bertz CT molecular complexity index is 916. The van der Waals surface area contributed by atoms with Crippen LogP contribution < -0.4 is 10.6 Å². The summed E-state index contributed by atoms with van der Waals surface area (Å²) in [6.45, 7) is 0. The van der Waals surface area contributed by atoms with Gasteiger partial charge in [-0.25, -0.2) is 0 Å². The molecule has 5 rings (SSSR count). The molecule has 2 aromatic carbocycles. The minimum Gasteiger partial charge on any atom is -0.348 e. The monoisotopic (exact) mass is 322 g/mol. The van der Waals surface area contributed by atoms with Gasteiger partial charge in [-0.1, -0.05) is 18.2 Å². The zero-order valence-corrected chi connectivity index (χ0v) is 13.5. The highest BCUT2D eigenvalue weighted by atomic mass is 32.1. The fourth-order valence-corrected chi connectivity index (χ4v) is 5.19. The molecular formula is C19H18N2OS. The predicted octanol–water partition coefficient (Wildman–Crippen LogP) is 3.68. The summed E-state index contributed by atoms with van der Waals surface area (Å²) < 4.78 is 2.52. The second-order valence-electron chi connectivity index (χ2n) is 6.67. The minimum atomic E-state index is 0.0570. The quantitative estimate of drug-likeness (QED) is 0.756. The van der Waals surface area contributed by atoms with Gasteiger partial charge < -0.3 is 10.6 Å². The molecule has 2 saturated heterocycles. The Kier molecular flexibility index (Phi) is 2.97. The molecule has 3 atom stereocenters. The van der Waals surface area contributed by atoms with Crippen molar-refractivity contribution < 1.29 is 4.79 Å². The van der Waals surface area contributed by atoms with E-state index in [0.29, 0.717) is 12.1 Å². The maximum absolute atomic E-state index is 12.6. The van der Waals surface area contributed by atoms with Gasteiger partial charge in [0.15, 0.2) is 0 Å². The van der Waals surface area contributed by atoms with Gasteiger partial charge in [0.25, 0.3) is 5.91 Å². The summed E-state index contributed by atoms with van der Waals surface area (Å²) in [6, 6.07) is 15.8. The first-order valence-corrected chi connectivity index (χ1v) is 9.08. The van der Waals surface area contributed by atoms with Crippen LogP contribution in [0.4, 0.5) is 0 Å². The number of fused-ring (bicyclic) bond motifs is 5. The van der Waals surface area contributed by atoms with E-state index >= 15 is 0 Å². The molecule has 116 valence electrons. The summed E-state index contributed by atoms with van der Waals surface area (Å²) in [5, 5.41) is 9.23. The van der Waals surface area contributed by atoms with Crippen molar-refractivity contribution in [2.45, 2.75) is 37.4 Å². The van der Waals surface area contributed by atoms with Crippen molar-refractivity contribution >= 4 is 37.4 Å². The van der Waals surface area contributed by atoms with Gasteiger partial charge in [0.05, 0.1) is 0 Å². The van der Waals surface area contributed by atoms with E-state index in [2.05, 4.69) is 41.0 Å². The van der Waals surface area contributed by atoms with Gasteiger partial charge in [-0.05, 0) is 43.5 Å². The van der Waals surface area contributed by atoms with Crippen molar-refractivity contribution in [3.63, 3.8) is 0 Å². The second-order valence-corrected chi connectivity index (χ2v) is 7.76. The van der Waals surface area contributed by atoms with Crippen LogP contribution in [0.15, 0.2) is 42.5 Å². The summed E-state index contributed by atoms with van der Waals surface area (Å²) in [4.78, 5) is 12.6. The molecule has 0 spiro atoms. The van der Waals surface area contributed by atoms with Gasteiger partial charge in [0.1, 0.15) is 0 Å². The highest BCUT2D eigenvalue weighted by Crippen LogP contribution is 2.34. The minimum absolute atomic E-state index is 0.0570. The molecule has 3 nitrogen and oxygen atoms in total. The molecule has 0 radical (unpaired) electrons. The van der Waals surface area contributed by atoms with E-state index in [9.17, 15) is 4.79 Å². The van der Waals surface area contributed by atoms with E-state index in [0.717, 1.165) is 12.0 Å². The first-order chi connectivity index (χ1) is 11.3. The summed E-state index contributed by atoms with van der Waals surface area (Å²) in [5.74, 6) is 0.0570. The molecule has 0 saturated carbocycles. The molecule has 4 heteroatoms. The molecule has 2 bridgehead atoms. The Balaban J connectivity index is 1.47. The van der Waals surface area contributed by atoms with Crippen molar-refractivity contribution in [3.8, 4) is 0 Å². The normalized spacial score (nSPS) is 26.2. The van der Waals surface area contributed by atoms with Crippen molar-refractivity contribution in [1.29, 1.82) is 0 Å². The van der Waals surface area contributed by atoms with Gasteiger partial charge in [-0.15, -0.1) is 11.3 Å². The highest BCUT2D eigenvalue weighted by molar-refractivity contribution is 7.25. The lowest BCUT2D eigenvalue weighted by molar-refractivity contribution is 0.0931. The van der Waals surface area contributed by atoms with Gasteiger partial charge in [-0.3, -0.25) is 4.79 Å². The van der Waals surface area contributed by atoms with Crippen LogP contribution in [0.3, 0.4) is 0 Å². The zero-order chi connectivity index (χ0) is 15.4. The fourth-order valence-electron chi connectivity index (χ4n) is 4.10. The summed E-state index contributed by atoms with van der Waals surface area (Å²) >= 11 is 1.78. The molecule has 1 aromatic heterocycles. The van der Waals surface area contributed by atoms with Crippen LogP contribution in [0.5, 0.6) is 0 Å². The van der Waals surface area contributed by atoms with E-state index < -0.39 is 0 Å². The maximum Gasteiger partial charge on any atom is 0.251 e. The molecule has 0 aliphatic carbocycles. The van der Waals surface area contributed by atoms with E-state index in [1.165, 1.54) is 33.0 Å². The van der Waals surface area contributed by atoms with Gasteiger partial charge >= 0.3 is 0 Å². The predicted molar refractivity (Wildman–Crippen MR) is 95.1 cm³/mol. The van der Waals surface area contributed by atoms with Gasteiger partial charge in [0.2, 0.25) is 0 Å². The zero-order valence-electron chi connectivity index (χ0n) is 12.7. The van der Waals surface area contributed by atoms with Crippen LogP contribution in [0.25, 0.3) is 20.2 Å². The third-order valence-electron chi connectivity index (χ3n) is 5.26. The molecule has 2 fully saturated rings. The molecule has 2 aliphatic rings. The van der Waals surface area contributed by atoms with Gasteiger partial charge in [0, 0.05) is 43.9 Å². The van der Waals surface area contributed by atoms with Crippen molar-refractivity contribution in [2.24, 2.45) is 0 Å². The molecule has 2 N–H and O–H groups in total. The lowest BCUT2D eigenvalue weighted by Crippen LogP contribution is -2.42. The maximum atomic E-state index is 12.6. The molecule has 1 amide bonds. The number of amides is 1. The molecule has 2 aliphatic heterocycles. The average molecular weight is 322 g/mol. The molecule has 2 unspecified atom stereocenters. The number of benzene rings is 2. The summed E-state index contributed by atoms with van der Waals surface area (Å²) in [6.07, 6.45) is 3.51. The molecular weight excluding hydrogens is 304 g/mol. The number of carbonyl (C=O) groups excluding carboxylic acids is 1. The van der Waals surface area contributed by atoms with Crippen molar-refractivity contribution in [2.75, 3.05) is 0 Å². The van der Waals surface area contributed by atoms with E-state index in [1.54, 1.807) is 11.3 Å². The van der Waals surface area contributed by atoms with Crippen LogP contribution in [-0.4, -0.2) is 24.0 Å². The highest BCUT2D eigenvalue weighted by Gasteiger charge is 2.39. The number of carbonyl (C=O) groups is 1. The molecule has 23 heavy (non-hydrogen) atoms. The van der Waals surface area contributed by atoms with Crippen LogP contribution in [-0.2, 0) is 0 Å². The Morgan fingerprint density at radius 1 is 1.09 bits per heavy atom. The third kappa shape index (κ3) is 2.17. The van der Waals surface area contributed by atoms with Crippen molar-refractivity contribution in [1.82, 2.24) is 10.6 Å². The van der Waals surface area contributed by atoms with Crippen LogP contribution in [0.1, 0.15) is 29.6 Å².